The van der Waals surface area contributed by atoms with E-state index in [9.17, 15) is 14.6 Å². The fourth-order valence-electron chi connectivity index (χ4n) is 1.04. The van der Waals surface area contributed by atoms with Gasteiger partial charge in [0.25, 0.3) is 0 Å². The van der Waals surface area contributed by atoms with Crippen LogP contribution in [0.15, 0.2) is 22.7 Å². The lowest BCUT2D eigenvalue weighted by atomic mass is 10.1. The largest absolute Gasteiger partial charge is 0.389 e. The Kier molecular flexibility index (Phi) is 4.31. The van der Waals surface area contributed by atoms with E-state index in [1.54, 1.807) is 0 Å². The molecule has 0 saturated heterocycles. The third-order valence-corrected chi connectivity index (χ3v) is 2.98. The van der Waals surface area contributed by atoms with Gasteiger partial charge < -0.3 is 10.2 Å². The number of halogens is 3. The van der Waals surface area contributed by atoms with Gasteiger partial charge in [-0.25, -0.2) is 4.39 Å². The quantitative estimate of drug-likeness (QED) is 0.835. The van der Waals surface area contributed by atoms with Gasteiger partial charge in [0.1, 0.15) is 11.9 Å². The van der Waals surface area contributed by atoms with Gasteiger partial charge in [-0.1, -0.05) is 12.1 Å². The van der Waals surface area contributed by atoms with Crippen LogP contribution in [0, 0.1) is 5.82 Å². The van der Waals surface area contributed by atoms with E-state index in [0.29, 0.717) is 0 Å². The molecule has 2 unspecified atom stereocenters. The number of hydrogen-bond acceptors (Lipinski definition) is 2. The Morgan fingerprint density at radius 1 is 1.43 bits per heavy atom. The third kappa shape index (κ3) is 2.45. The molecule has 0 aliphatic heterocycles. The van der Waals surface area contributed by atoms with Gasteiger partial charge in [0.15, 0.2) is 0 Å². The van der Waals surface area contributed by atoms with Gasteiger partial charge in [-0.15, -0.1) is 11.6 Å². The van der Waals surface area contributed by atoms with Gasteiger partial charge in [0.2, 0.25) is 0 Å². The third-order valence-electron chi connectivity index (χ3n) is 1.82. The SMILES string of the molecule is OC(CCl)C(O)c1cccc(F)c1Br. The summed E-state index contributed by atoms with van der Waals surface area (Å²) in [6.45, 7) is 0. The molecule has 0 fully saturated rings. The zero-order chi connectivity index (χ0) is 10.7. The van der Waals surface area contributed by atoms with Crippen LogP contribution < -0.4 is 0 Å². The number of rotatable bonds is 3. The van der Waals surface area contributed by atoms with Crippen molar-refractivity contribution in [3.8, 4) is 0 Å². The first kappa shape index (κ1) is 11.9. The summed E-state index contributed by atoms with van der Waals surface area (Å²) < 4.78 is 13.2. The van der Waals surface area contributed by atoms with Crippen molar-refractivity contribution < 1.29 is 14.6 Å². The van der Waals surface area contributed by atoms with Crippen LogP contribution in [-0.4, -0.2) is 22.2 Å². The Balaban J connectivity index is 3.01. The van der Waals surface area contributed by atoms with E-state index in [-0.39, 0.29) is 15.9 Å². The normalized spacial score (nSPS) is 15.2. The Labute approximate surface area is 94.5 Å². The van der Waals surface area contributed by atoms with Gasteiger partial charge in [0, 0.05) is 5.56 Å². The molecule has 0 aliphatic carbocycles. The lowest BCUT2D eigenvalue weighted by molar-refractivity contribution is 0.0320. The number of aliphatic hydroxyl groups is 2. The molecule has 1 aromatic carbocycles. The highest BCUT2D eigenvalue weighted by atomic mass is 79.9. The summed E-state index contributed by atoms with van der Waals surface area (Å²) in [5, 5.41) is 18.8. The lowest BCUT2D eigenvalue weighted by Crippen LogP contribution is -2.20. The minimum Gasteiger partial charge on any atom is -0.389 e. The predicted octanol–water partition coefficient (Wildman–Crippen LogP) is 2.22. The molecule has 1 aromatic rings. The van der Waals surface area contributed by atoms with Crippen LogP contribution in [0.1, 0.15) is 11.7 Å². The minimum atomic E-state index is -1.18. The molecule has 0 amide bonds. The van der Waals surface area contributed by atoms with Crippen molar-refractivity contribution in [1.82, 2.24) is 0 Å². The number of benzene rings is 1. The van der Waals surface area contributed by atoms with Crippen LogP contribution in [0.2, 0.25) is 0 Å². The van der Waals surface area contributed by atoms with Gasteiger partial charge in [-0.2, -0.15) is 0 Å². The Hall–Kier alpha value is -0.160. The van der Waals surface area contributed by atoms with Gasteiger partial charge in [-0.3, -0.25) is 0 Å². The highest BCUT2D eigenvalue weighted by molar-refractivity contribution is 9.10. The van der Waals surface area contributed by atoms with Crippen molar-refractivity contribution in [2.75, 3.05) is 5.88 Å². The van der Waals surface area contributed by atoms with Crippen molar-refractivity contribution in [3.05, 3.63) is 34.1 Å². The standard InChI is InChI=1S/C9H9BrClFO2/c10-8-5(2-1-3-6(8)12)9(14)7(13)4-11/h1-3,7,9,13-14H,4H2. The molecule has 1 rings (SSSR count). The van der Waals surface area contributed by atoms with E-state index in [2.05, 4.69) is 15.9 Å². The molecule has 2 nitrogen and oxygen atoms in total. The second kappa shape index (κ2) is 5.07. The first-order chi connectivity index (χ1) is 6.57. The van der Waals surface area contributed by atoms with Gasteiger partial charge >= 0.3 is 0 Å². The molecule has 0 aromatic heterocycles. The minimum absolute atomic E-state index is 0.107. The molecular weight excluding hydrogens is 274 g/mol. The second-order valence-electron chi connectivity index (χ2n) is 2.81. The number of hydrogen-bond donors (Lipinski definition) is 2. The van der Waals surface area contributed by atoms with Crippen molar-refractivity contribution in [2.24, 2.45) is 0 Å². The predicted molar refractivity (Wildman–Crippen MR) is 55.8 cm³/mol. The molecule has 0 bridgehead atoms. The Morgan fingerprint density at radius 2 is 2.07 bits per heavy atom. The molecular formula is C9H9BrClFO2. The maximum atomic E-state index is 13.0. The first-order valence-electron chi connectivity index (χ1n) is 3.94. The fraction of sp³-hybridized carbons (Fsp3) is 0.333. The molecule has 0 saturated carbocycles. The van der Waals surface area contributed by atoms with Crippen molar-refractivity contribution in [3.63, 3.8) is 0 Å². The summed E-state index contributed by atoms with van der Waals surface area (Å²) in [4.78, 5) is 0. The van der Waals surface area contributed by atoms with Crippen LogP contribution in [-0.2, 0) is 0 Å². The van der Waals surface area contributed by atoms with Crippen molar-refractivity contribution in [1.29, 1.82) is 0 Å². The fourth-order valence-corrected chi connectivity index (χ4v) is 1.71. The molecule has 2 atom stereocenters. The molecule has 0 aliphatic rings. The van der Waals surface area contributed by atoms with Crippen LogP contribution >= 0.6 is 27.5 Å². The van der Waals surface area contributed by atoms with Gasteiger partial charge in [0.05, 0.1) is 16.5 Å². The monoisotopic (exact) mass is 282 g/mol. The number of alkyl halides is 1. The zero-order valence-corrected chi connectivity index (χ0v) is 9.46. The molecule has 78 valence electrons. The summed E-state index contributed by atoms with van der Waals surface area (Å²) in [6.07, 6.45) is -2.28. The average Bonchev–Trinajstić information content (AvgIpc) is 2.20. The molecule has 0 spiro atoms. The molecule has 0 heterocycles. The van der Waals surface area contributed by atoms with Crippen LogP contribution in [0.3, 0.4) is 0 Å². The van der Waals surface area contributed by atoms with Gasteiger partial charge in [-0.05, 0) is 22.0 Å². The summed E-state index contributed by atoms with van der Waals surface area (Å²) in [6, 6.07) is 4.24. The summed E-state index contributed by atoms with van der Waals surface area (Å²) in [7, 11) is 0. The second-order valence-corrected chi connectivity index (χ2v) is 3.91. The highest BCUT2D eigenvalue weighted by Gasteiger charge is 2.20. The maximum Gasteiger partial charge on any atom is 0.137 e. The Bertz CT molecular complexity index is 322. The van der Waals surface area contributed by atoms with E-state index in [1.807, 2.05) is 0 Å². The zero-order valence-electron chi connectivity index (χ0n) is 7.12. The summed E-state index contributed by atoms with van der Waals surface area (Å²) in [5.74, 6) is -0.590. The number of aliphatic hydroxyl groups excluding tert-OH is 2. The molecule has 0 radical (unpaired) electrons. The Morgan fingerprint density at radius 3 is 2.64 bits per heavy atom. The average molecular weight is 284 g/mol. The van der Waals surface area contributed by atoms with Crippen LogP contribution in [0.5, 0.6) is 0 Å². The lowest BCUT2D eigenvalue weighted by Gasteiger charge is -2.17. The van der Waals surface area contributed by atoms with Crippen molar-refractivity contribution >= 4 is 27.5 Å². The van der Waals surface area contributed by atoms with E-state index >= 15 is 0 Å². The van der Waals surface area contributed by atoms with E-state index in [0.717, 1.165) is 0 Å². The maximum absolute atomic E-state index is 13.0. The smallest absolute Gasteiger partial charge is 0.137 e. The van der Waals surface area contributed by atoms with Crippen LogP contribution in [0.25, 0.3) is 0 Å². The molecule has 5 heteroatoms. The van der Waals surface area contributed by atoms with E-state index in [4.69, 9.17) is 11.6 Å². The first-order valence-corrected chi connectivity index (χ1v) is 5.26. The summed E-state index contributed by atoms with van der Waals surface area (Å²) >= 11 is 8.36. The van der Waals surface area contributed by atoms with E-state index in [1.165, 1.54) is 18.2 Å². The molecule has 14 heavy (non-hydrogen) atoms. The highest BCUT2D eigenvalue weighted by Crippen LogP contribution is 2.28. The topological polar surface area (TPSA) is 40.5 Å². The van der Waals surface area contributed by atoms with Crippen molar-refractivity contribution in [2.45, 2.75) is 12.2 Å². The summed E-state index contributed by atoms with van der Waals surface area (Å²) in [5.41, 5.74) is 0.290. The van der Waals surface area contributed by atoms with E-state index < -0.39 is 18.0 Å². The molecule has 2 N–H and O–H groups in total. The van der Waals surface area contributed by atoms with Crippen LogP contribution in [0.4, 0.5) is 4.39 Å².